The fourth-order valence-electron chi connectivity index (χ4n) is 3.89. The summed E-state index contributed by atoms with van der Waals surface area (Å²) in [6.07, 6.45) is 6.53. The van der Waals surface area contributed by atoms with Gasteiger partial charge in [0.25, 0.3) is 0 Å². The number of phenols is 2. The number of carbonyl (C=O) groups excluding carboxylic acids is 1. The number of amides is 1. The van der Waals surface area contributed by atoms with Crippen LogP contribution < -0.4 is 5.32 Å². The molecule has 0 radical (unpaired) electrons. The number of rotatable bonds is 9. The highest BCUT2D eigenvalue weighted by molar-refractivity contribution is 5.76. The van der Waals surface area contributed by atoms with Gasteiger partial charge in [0.15, 0.2) is 11.5 Å². The Hall–Kier alpha value is -2.53. The minimum atomic E-state index is -0.140. The molecule has 0 atom stereocenters. The second-order valence-corrected chi connectivity index (χ2v) is 7.95. The second-order valence-electron chi connectivity index (χ2n) is 7.95. The standard InChI is InChI=1S/C24H32N2O3/c27-22-11-9-20(18-23(22)28)10-12-24(29)25-21-13-16-26(17-14-21)15-5-4-8-19-6-2-1-3-7-19/h1-3,6-7,9,11,18,21,27-28H,4-5,8,10,12-17H2,(H,25,29). The zero-order chi connectivity index (χ0) is 20.5. The maximum absolute atomic E-state index is 12.2. The van der Waals surface area contributed by atoms with E-state index < -0.39 is 0 Å². The van der Waals surface area contributed by atoms with E-state index in [0.717, 1.165) is 44.5 Å². The van der Waals surface area contributed by atoms with Crippen LogP contribution in [0.4, 0.5) is 0 Å². The molecule has 0 bridgehead atoms. The zero-order valence-electron chi connectivity index (χ0n) is 17.0. The predicted molar refractivity (Wildman–Crippen MR) is 115 cm³/mol. The van der Waals surface area contributed by atoms with Crippen molar-refractivity contribution in [1.82, 2.24) is 10.2 Å². The molecule has 3 rings (SSSR count). The van der Waals surface area contributed by atoms with Gasteiger partial charge in [-0.25, -0.2) is 0 Å². The number of unbranched alkanes of at least 4 members (excludes halogenated alkanes) is 1. The van der Waals surface area contributed by atoms with Gasteiger partial charge in [-0.3, -0.25) is 4.79 Å². The maximum Gasteiger partial charge on any atom is 0.220 e. The highest BCUT2D eigenvalue weighted by Gasteiger charge is 2.20. The van der Waals surface area contributed by atoms with Crippen LogP contribution in [0.15, 0.2) is 48.5 Å². The number of carbonyl (C=O) groups is 1. The summed E-state index contributed by atoms with van der Waals surface area (Å²) in [7, 11) is 0. The smallest absolute Gasteiger partial charge is 0.220 e. The van der Waals surface area contributed by atoms with E-state index in [1.165, 1.54) is 30.5 Å². The number of aryl methyl sites for hydroxylation is 2. The highest BCUT2D eigenvalue weighted by atomic mass is 16.3. The van der Waals surface area contributed by atoms with Gasteiger partial charge in [0.05, 0.1) is 0 Å². The molecule has 2 aromatic rings. The van der Waals surface area contributed by atoms with Gasteiger partial charge in [-0.15, -0.1) is 0 Å². The Balaban J connectivity index is 1.28. The summed E-state index contributed by atoms with van der Waals surface area (Å²) >= 11 is 0. The molecule has 3 N–H and O–H groups in total. The number of piperidine rings is 1. The minimum Gasteiger partial charge on any atom is -0.504 e. The van der Waals surface area contributed by atoms with Crippen molar-refractivity contribution in [3.05, 3.63) is 59.7 Å². The third-order valence-electron chi connectivity index (χ3n) is 5.67. The lowest BCUT2D eigenvalue weighted by Crippen LogP contribution is -2.44. The molecule has 0 aromatic heterocycles. The SMILES string of the molecule is O=C(CCc1ccc(O)c(O)c1)NC1CCN(CCCCc2ccccc2)CC1. The van der Waals surface area contributed by atoms with Gasteiger partial charge in [0, 0.05) is 25.6 Å². The molecule has 5 nitrogen and oxygen atoms in total. The fraction of sp³-hybridized carbons (Fsp3) is 0.458. The van der Waals surface area contributed by atoms with Gasteiger partial charge >= 0.3 is 0 Å². The first-order valence-corrected chi connectivity index (χ1v) is 10.7. The Morgan fingerprint density at radius 1 is 0.931 bits per heavy atom. The molecule has 1 fully saturated rings. The molecule has 0 spiro atoms. The molecule has 1 amide bonds. The molecule has 0 aliphatic carbocycles. The maximum atomic E-state index is 12.2. The van der Waals surface area contributed by atoms with Crippen LogP contribution in [-0.2, 0) is 17.6 Å². The molecule has 1 aliphatic heterocycles. The molecule has 0 unspecified atom stereocenters. The average molecular weight is 397 g/mol. The van der Waals surface area contributed by atoms with Gasteiger partial charge in [-0.2, -0.15) is 0 Å². The Morgan fingerprint density at radius 3 is 2.41 bits per heavy atom. The van der Waals surface area contributed by atoms with Crippen LogP contribution in [0.2, 0.25) is 0 Å². The minimum absolute atomic E-state index is 0.0545. The van der Waals surface area contributed by atoms with Crippen LogP contribution >= 0.6 is 0 Å². The van der Waals surface area contributed by atoms with E-state index in [1.54, 1.807) is 6.07 Å². The van der Waals surface area contributed by atoms with Crippen molar-refractivity contribution in [1.29, 1.82) is 0 Å². The Morgan fingerprint density at radius 2 is 1.69 bits per heavy atom. The van der Waals surface area contributed by atoms with Crippen molar-refractivity contribution in [3.8, 4) is 11.5 Å². The number of hydrogen-bond donors (Lipinski definition) is 3. The monoisotopic (exact) mass is 396 g/mol. The van der Waals surface area contributed by atoms with Crippen LogP contribution in [0.5, 0.6) is 11.5 Å². The molecule has 29 heavy (non-hydrogen) atoms. The summed E-state index contributed by atoms with van der Waals surface area (Å²) < 4.78 is 0. The third-order valence-corrected chi connectivity index (χ3v) is 5.67. The first kappa shape index (κ1) is 21.2. The van der Waals surface area contributed by atoms with Crippen molar-refractivity contribution in [2.24, 2.45) is 0 Å². The van der Waals surface area contributed by atoms with Crippen molar-refractivity contribution in [3.63, 3.8) is 0 Å². The second kappa shape index (κ2) is 10.9. The van der Waals surface area contributed by atoms with Crippen LogP contribution in [0.25, 0.3) is 0 Å². The lowest BCUT2D eigenvalue weighted by atomic mass is 10.0. The van der Waals surface area contributed by atoms with E-state index in [-0.39, 0.29) is 23.4 Å². The summed E-state index contributed by atoms with van der Waals surface area (Å²) in [6, 6.07) is 15.6. The van der Waals surface area contributed by atoms with Gasteiger partial charge in [0.1, 0.15) is 0 Å². The Labute approximate surface area is 173 Å². The van der Waals surface area contributed by atoms with E-state index >= 15 is 0 Å². The largest absolute Gasteiger partial charge is 0.504 e. The molecule has 1 heterocycles. The topological polar surface area (TPSA) is 72.8 Å². The summed E-state index contributed by atoms with van der Waals surface area (Å²) in [5.41, 5.74) is 2.26. The van der Waals surface area contributed by atoms with E-state index in [4.69, 9.17) is 0 Å². The normalized spacial score (nSPS) is 15.3. The first-order chi connectivity index (χ1) is 14.1. The molecular weight excluding hydrogens is 364 g/mol. The van der Waals surface area contributed by atoms with Crippen LogP contribution in [0, 0.1) is 0 Å². The molecule has 156 valence electrons. The number of nitrogens with one attached hydrogen (secondary N) is 1. The Bertz CT molecular complexity index is 771. The van der Waals surface area contributed by atoms with Crippen molar-refractivity contribution in [2.75, 3.05) is 19.6 Å². The van der Waals surface area contributed by atoms with Gasteiger partial charge < -0.3 is 20.4 Å². The fourth-order valence-corrected chi connectivity index (χ4v) is 3.89. The summed E-state index contributed by atoms with van der Waals surface area (Å²) in [4.78, 5) is 14.7. The third kappa shape index (κ3) is 7.09. The molecule has 0 saturated carbocycles. The zero-order valence-corrected chi connectivity index (χ0v) is 17.0. The van der Waals surface area contributed by atoms with E-state index in [2.05, 4.69) is 40.5 Å². The predicted octanol–water partition coefficient (Wildman–Crippen LogP) is 3.63. The van der Waals surface area contributed by atoms with Crippen LogP contribution in [-0.4, -0.2) is 46.7 Å². The van der Waals surface area contributed by atoms with Crippen LogP contribution in [0.3, 0.4) is 0 Å². The number of benzene rings is 2. The van der Waals surface area contributed by atoms with Gasteiger partial charge in [-0.05, 0) is 68.3 Å². The Kier molecular flexibility index (Phi) is 7.94. The first-order valence-electron chi connectivity index (χ1n) is 10.7. The number of phenolic OH excluding ortho intramolecular Hbond substituents is 2. The van der Waals surface area contributed by atoms with Crippen molar-refractivity contribution >= 4 is 5.91 Å². The van der Waals surface area contributed by atoms with Crippen molar-refractivity contribution < 1.29 is 15.0 Å². The van der Waals surface area contributed by atoms with E-state index in [9.17, 15) is 15.0 Å². The number of aromatic hydroxyl groups is 2. The quantitative estimate of drug-likeness (QED) is 0.447. The average Bonchev–Trinajstić information content (AvgIpc) is 2.74. The van der Waals surface area contributed by atoms with E-state index in [0.29, 0.717) is 12.8 Å². The van der Waals surface area contributed by atoms with Gasteiger partial charge in [0.2, 0.25) is 5.91 Å². The number of hydrogen-bond acceptors (Lipinski definition) is 4. The number of nitrogens with zero attached hydrogens (tertiary/aromatic N) is 1. The molecular formula is C24H32N2O3. The number of likely N-dealkylation sites (tertiary alicyclic amines) is 1. The molecule has 1 aliphatic rings. The molecule has 1 saturated heterocycles. The van der Waals surface area contributed by atoms with Crippen molar-refractivity contribution in [2.45, 2.75) is 51.0 Å². The summed E-state index contributed by atoms with van der Waals surface area (Å²) in [5.74, 6) is -0.219. The van der Waals surface area contributed by atoms with E-state index in [1.807, 2.05) is 0 Å². The summed E-state index contributed by atoms with van der Waals surface area (Å²) in [5, 5.41) is 22.0. The lowest BCUT2D eigenvalue weighted by molar-refractivity contribution is -0.122. The summed E-state index contributed by atoms with van der Waals surface area (Å²) in [6.45, 7) is 3.22. The molecule has 2 aromatic carbocycles. The highest BCUT2D eigenvalue weighted by Crippen LogP contribution is 2.25. The lowest BCUT2D eigenvalue weighted by Gasteiger charge is -2.32. The molecule has 5 heteroatoms. The van der Waals surface area contributed by atoms with Crippen LogP contribution in [0.1, 0.15) is 43.2 Å². The van der Waals surface area contributed by atoms with Gasteiger partial charge in [-0.1, -0.05) is 36.4 Å².